The fourth-order valence-corrected chi connectivity index (χ4v) is 4.95. The van der Waals surface area contributed by atoms with E-state index >= 15 is 0 Å². The number of nitrogens with zero attached hydrogens (tertiary/aromatic N) is 4. The van der Waals surface area contributed by atoms with Gasteiger partial charge in [-0.2, -0.15) is 10.1 Å². The molecule has 0 unspecified atom stereocenters. The monoisotopic (exact) mass is 477 g/mol. The number of hydrogen-bond acceptors (Lipinski definition) is 7. The summed E-state index contributed by atoms with van der Waals surface area (Å²) in [4.78, 5) is 8.91. The smallest absolute Gasteiger partial charge is 0.238 e. The SMILES string of the molecule is Cc1cnc(Nc2cccc(S(N)(=O)=O)c2)nc1Nc1ccc2c(cnn2C2CCCCC2)c1. The predicted octanol–water partition coefficient (Wildman–Crippen LogP) is 4.77. The summed E-state index contributed by atoms with van der Waals surface area (Å²) in [5, 5.41) is 17.4. The molecule has 176 valence electrons. The second-order valence-corrected chi connectivity index (χ2v) is 10.3. The lowest BCUT2D eigenvalue weighted by Crippen LogP contribution is -2.13. The quantitative estimate of drug-likeness (QED) is 0.365. The number of rotatable bonds is 6. The van der Waals surface area contributed by atoms with Crippen molar-refractivity contribution in [1.29, 1.82) is 0 Å². The molecule has 1 aliphatic carbocycles. The number of anilines is 4. The molecule has 1 saturated carbocycles. The van der Waals surface area contributed by atoms with Crippen LogP contribution in [-0.4, -0.2) is 28.2 Å². The Morgan fingerprint density at radius 2 is 1.79 bits per heavy atom. The van der Waals surface area contributed by atoms with Crippen molar-refractivity contribution in [2.75, 3.05) is 10.6 Å². The standard InChI is InChI=1S/C24H27N7O2S/c1-16-14-26-24(29-18-6-5-9-21(13-18)34(25,32)33)30-23(16)28-19-10-11-22-17(12-19)15-27-31(22)20-7-3-2-4-8-20/h5-6,9-15,20H,2-4,7-8H2,1H3,(H2,25,32,33)(H2,26,28,29,30). The second-order valence-electron chi connectivity index (χ2n) is 8.70. The van der Waals surface area contributed by atoms with Gasteiger partial charge in [0.2, 0.25) is 16.0 Å². The predicted molar refractivity (Wildman–Crippen MR) is 133 cm³/mol. The Morgan fingerprint density at radius 1 is 1.00 bits per heavy atom. The average Bonchev–Trinajstić information content (AvgIpc) is 3.25. The number of sulfonamides is 1. The first kappa shape index (κ1) is 22.3. The number of hydrogen-bond donors (Lipinski definition) is 3. The Labute approximate surface area is 198 Å². The number of aryl methyl sites for hydroxylation is 1. The van der Waals surface area contributed by atoms with E-state index in [0.29, 0.717) is 23.5 Å². The van der Waals surface area contributed by atoms with Gasteiger partial charge in [-0.1, -0.05) is 25.3 Å². The topological polar surface area (TPSA) is 128 Å². The normalized spacial score (nSPS) is 14.9. The number of nitrogens with two attached hydrogens (primary N) is 1. The van der Waals surface area contributed by atoms with Crippen LogP contribution in [0.25, 0.3) is 10.9 Å². The number of benzene rings is 2. The van der Waals surface area contributed by atoms with Crippen LogP contribution in [0.15, 0.2) is 59.8 Å². The maximum Gasteiger partial charge on any atom is 0.238 e. The summed E-state index contributed by atoms with van der Waals surface area (Å²) in [6, 6.07) is 12.9. The van der Waals surface area contributed by atoms with Crippen molar-refractivity contribution in [2.24, 2.45) is 5.14 Å². The Morgan fingerprint density at radius 3 is 2.59 bits per heavy atom. The van der Waals surface area contributed by atoms with Crippen LogP contribution in [0.2, 0.25) is 0 Å². The largest absolute Gasteiger partial charge is 0.340 e. The summed E-state index contributed by atoms with van der Waals surface area (Å²) in [7, 11) is -3.80. The van der Waals surface area contributed by atoms with E-state index in [9.17, 15) is 8.42 Å². The van der Waals surface area contributed by atoms with Gasteiger partial charge in [0.05, 0.1) is 22.7 Å². The zero-order valence-corrected chi connectivity index (χ0v) is 19.7. The summed E-state index contributed by atoms with van der Waals surface area (Å²) in [5.41, 5.74) is 3.45. The lowest BCUT2D eigenvalue weighted by Gasteiger charge is -2.22. The van der Waals surface area contributed by atoms with E-state index in [-0.39, 0.29) is 4.90 Å². The molecule has 0 atom stereocenters. The maximum atomic E-state index is 11.6. The molecule has 0 radical (unpaired) electrons. The molecule has 2 heterocycles. The first-order valence-corrected chi connectivity index (χ1v) is 12.9. The van der Waals surface area contributed by atoms with Crippen molar-refractivity contribution < 1.29 is 8.42 Å². The van der Waals surface area contributed by atoms with Crippen LogP contribution in [0, 0.1) is 6.92 Å². The van der Waals surface area contributed by atoms with E-state index in [4.69, 9.17) is 5.14 Å². The maximum absolute atomic E-state index is 11.6. The van der Waals surface area contributed by atoms with Gasteiger partial charge in [0.15, 0.2) is 0 Å². The zero-order chi connectivity index (χ0) is 23.7. The fraction of sp³-hybridized carbons (Fsp3) is 0.292. The molecule has 0 bridgehead atoms. The molecule has 1 aliphatic rings. The molecule has 5 rings (SSSR count). The van der Waals surface area contributed by atoms with E-state index < -0.39 is 10.0 Å². The highest BCUT2D eigenvalue weighted by atomic mass is 32.2. The zero-order valence-electron chi connectivity index (χ0n) is 18.9. The van der Waals surface area contributed by atoms with Crippen molar-refractivity contribution in [1.82, 2.24) is 19.7 Å². The molecule has 2 aromatic carbocycles. The van der Waals surface area contributed by atoms with Crippen LogP contribution in [0.4, 0.5) is 23.1 Å². The summed E-state index contributed by atoms with van der Waals surface area (Å²) in [6.07, 6.45) is 9.85. The molecule has 10 heteroatoms. The van der Waals surface area contributed by atoms with Gasteiger partial charge < -0.3 is 10.6 Å². The molecular weight excluding hydrogens is 450 g/mol. The summed E-state index contributed by atoms with van der Waals surface area (Å²) in [5.74, 6) is 0.991. The van der Waals surface area contributed by atoms with Gasteiger partial charge in [0.25, 0.3) is 0 Å². The summed E-state index contributed by atoms with van der Waals surface area (Å²) < 4.78 is 25.4. The van der Waals surface area contributed by atoms with Gasteiger partial charge in [-0.15, -0.1) is 0 Å². The van der Waals surface area contributed by atoms with Crippen molar-refractivity contribution in [3.63, 3.8) is 0 Å². The first-order valence-electron chi connectivity index (χ1n) is 11.3. The van der Waals surface area contributed by atoms with Crippen LogP contribution < -0.4 is 15.8 Å². The molecule has 0 spiro atoms. The lowest BCUT2D eigenvalue weighted by atomic mass is 9.95. The molecule has 34 heavy (non-hydrogen) atoms. The van der Waals surface area contributed by atoms with Crippen LogP contribution in [0.3, 0.4) is 0 Å². The highest BCUT2D eigenvalue weighted by Crippen LogP contribution is 2.32. The first-order chi connectivity index (χ1) is 16.4. The van der Waals surface area contributed by atoms with E-state index in [1.165, 1.54) is 44.2 Å². The van der Waals surface area contributed by atoms with E-state index in [1.54, 1.807) is 18.3 Å². The third-order valence-electron chi connectivity index (χ3n) is 6.17. The number of nitrogens with one attached hydrogen (secondary N) is 2. The van der Waals surface area contributed by atoms with Crippen molar-refractivity contribution >= 4 is 44.1 Å². The molecule has 4 aromatic rings. The molecule has 0 amide bonds. The molecular formula is C24H27N7O2S. The van der Waals surface area contributed by atoms with Crippen LogP contribution in [0.5, 0.6) is 0 Å². The van der Waals surface area contributed by atoms with Crippen molar-refractivity contribution in [3.05, 3.63) is 60.4 Å². The van der Waals surface area contributed by atoms with Crippen LogP contribution in [-0.2, 0) is 10.0 Å². The minimum absolute atomic E-state index is 0.0186. The molecule has 4 N–H and O–H groups in total. The van der Waals surface area contributed by atoms with Gasteiger partial charge in [0.1, 0.15) is 5.82 Å². The van der Waals surface area contributed by atoms with Gasteiger partial charge in [0, 0.05) is 28.5 Å². The number of fused-ring (bicyclic) bond motifs is 1. The van der Waals surface area contributed by atoms with Crippen LogP contribution in [0.1, 0.15) is 43.7 Å². The molecule has 0 aliphatic heterocycles. The number of primary sulfonamides is 1. The van der Waals surface area contributed by atoms with Crippen molar-refractivity contribution in [3.8, 4) is 0 Å². The van der Waals surface area contributed by atoms with E-state index in [1.807, 2.05) is 19.2 Å². The molecule has 0 saturated heterocycles. The molecule has 1 fully saturated rings. The Hall–Kier alpha value is -3.50. The lowest BCUT2D eigenvalue weighted by molar-refractivity contribution is 0.337. The third-order valence-corrected chi connectivity index (χ3v) is 7.08. The Kier molecular flexibility index (Phi) is 5.93. The highest BCUT2D eigenvalue weighted by molar-refractivity contribution is 7.89. The van der Waals surface area contributed by atoms with Crippen LogP contribution >= 0.6 is 0 Å². The number of aromatic nitrogens is 4. The van der Waals surface area contributed by atoms with Gasteiger partial charge >= 0.3 is 0 Å². The fourth-order valence-electron chi connectivity index (χ4n) is 4.39. The van der Waals surface area contributed by atoms with Gasteiger partial charge in [-0.05, 0) is 56.2 Å². The molecule has 2 aromatic heterocycles. The molecule has 9 nitrogen and oxygen atoms in total. The van der Waals surface area contributed by atoms with E-state index in [0.717, 1.165) is 22.2 Å². The van der Waals surface area contributed by atoms with E-state index in [2.05, 4.69) is 42.5 Å². The minimum Gasteiger partial charge on any atom is -0.340 e. The van der Waals surface area contributed by atoms with Crippen molar-refractivity contribution in [2.45, 2.75) is 50.0 Å². The second kappa shape index (κ2) is 9.03. The third kappa shape index (κ3) is 4.73. The van der Waals surface area contributed by atoms with Gasteiger partial charge in [-0.25, -0.2) is 18.5 Å². The summed E-state index contributed by atoms with van der Waals surface area (Å²) in [6.45, 7) is 1.92. The minimum atomic E-state index is -3.80. The summed E-state index contributed by atoms with van der Waals surface area (Å²) >= 11 is 0. The van der Waals surface area contributed by atoms with Gasteiger partial charge in [-0.3, -0.25) is 4.68 Å². The Balaban J connectivity index is 1.37. The Bertz CT molecular complexity index is 1440. The average molecular weight is 478 g/mol. The highest BCUT2D eigenvalue weighted by Gasteiger charge is 2.18.